The summed E-state index contributed by atoms with van der Waals surface area (Å²) in [5.74, 6) is 0.796. The number of hydrogen-bond acceptors (Lipinski definition) is 3. The van der Waals surface area contributed by atoms with Gasteiger partial charge in [0.15, 0.2) is 5.96 Å². The van der Waals surface area contributed by atoms with Crippen LogP contribution in [0.25, 0.3) is 0 Å². The van der Waals surface area contributed by atoms with Gasteiger partial charge in [-0.1, -0.05) is 29.8 Å². The number of guanidine groups is 1. The van der Waals surface area contributed by atoms with Gasteiger partial charge in [-0.15, -0.1) is 11.8 Å². The Balaban J connectivity index is 1.83. The van der Waals surface area contributed by atoms with Crippen LogP contribution in [0.15, 0.2) is 46.4 Å². The number of halogens is 1. The lowest BCUT2D eigenvalue weighted by molar-refractivity contribution is 0.787. The normalized spacial score (nSPS) is 11.4. The van der Waals surface area contributed by atoms with Crippen LogP contribution in [0, 0.1) is 6.92 Å². The van der Waals surface area contributed by atoms with Crippen LogP contribution in [0.4, 0.5) is 0 Å². The number of rotatable bonds is 6. The van der Waals surface area contributed by atoms with E-state index in [1.165, 1.54) is 16.0 Å². The Morgan fingerprint density at radius 1 is 1.25 bits per heavy atom. The van der Waals surface area contributed by atoms with E-state index in [0.717, 1.165) is 31.0 Å². The van der Waals surface area contributed by atoms with Crippen molar-refractivity contribution < 1.29 is 0 Å². The van der Waals surface area contributed by atoms with Crippen molar-refractivity contribution in [2.24, 2.45) is 4.99 Å². The van der Waals surface area contributed by atoms with Gasteiger partial charge in [0.25, 0.3) is 0 Å². The molecule has 0 aliphatic heterocycles. The molecule has 6 heteroatoms. The first-order valence-electron chi connectivity index (χ1n) is 7.81. The largest absolute Gasteiger partial charge is 0.356 e. The fraction of sp³-hybridized carbons (Fsp3) is 0.333. The predicted octanol–water partition coefficient (Wildman–Crippen LogP) is 3.67. The zero-order valence-corrected chi connectivity index (χ0v) is 15.8. The van der Waals surface area contributed by atoms with Crippen LogP contribution >= 0.6 is 23.4 Å². The molecule has 2 N–H and O–H groups in total. The molecule has 2 rings (SSSR count). The summed E-state index contributed by atoms with van der Waals surface area (Å²) in [5, 5.41) is 7.21. The molecule has 1 aromatic heterocycles. The molecule has 0 atom stereocenters. The summed E-state index contributed by atoms with van der Waals surface area (Å²) in [6.07, 6.45) is 4.77. The van der Waals surface area contributed by atoms with Gasteiger partial charge < -0.3 is 10.6 Å². The number of aliphatic imine (C=N–C) groups is 1. The quantitative estimate of drug-likeness (QED) is 0.356. The van der Waals surface area contributed by atoms with Crippen LogP contribution in [-0.4, -0.2) is 30.8 Å². The second kappa shape index (κ2) is 9.55. The number of thioether (sulfide) groups is 1. The van der Waals surface area contributed by atoms with E-state index >= 15 is 0 Å². The Bertz CT molecular complexity index is 686. The Labute approximate surface area is 153 Å². The molecule has 0 spiro atoms. The highest BCUT2D eigenvalue weighted by atomic mass is 35.5. The van der Waals surface area contributed by atoms with Gasteiger partial charge in [0.1, 0.15) is 5.15 Å². The molecule has 0 bridgehead atoms. The number of pyridine rings is 1. The molecule has 1 heterocycles. The van der Waals surface area contributed by atoms with Gasteiger partial charge in [-0.25, -0.2) is 4.98 Å². The third-order valence-electron chi connectivity index (χ3n) is 3.61. The summed E-state index contributed by atoms with van der Waals surface area (Å²) in [7, 11) is 1.78. The molecule has 0 unspecified atom stereocenters. The molecule has 0 fully saturated rings. The molecule has 2 aromatic rings. The van der Waals surface area contributed by atoms with Crippen molar-refractivity contribution in [3.8, 4) is 0 Å². The topological polar surface area (TPSA) is 49.3 Å². The van der Waals surface area contributed by atoms with E-state index in [9.17, 15) is 0 Å². The minimum Gasteiger partial charge on any atom is -0.356 e. The monoisotopic (exact) mass is 362 g/mol. The molecule has 4 nitrogen and oxygen atoms in total. The maximum Gasteiger partial charge on any atom is 0.191 e. The number of hydrogen-bond donors (Lipinski definition) is 2. The Morgan fingerprint density at radius 2 is 2.08 bits per heavy atom. The van der Waals surface area contributed by atoms with Crippen molar-refractivity contribution in [3.63, 3.8) is 0 Å². The Kier molecular flexibility index (Phi) is 7.40. The van der Waals surface area contributed by atoms with E-state index in [0.29, 0.717) is 5.15 Å². The van der Waals surface area contributed by atoms with E-state index < -0.39 is 0 Å². The van der Waals surface area contributed by atoms with Crippen LogP contribution in [0.1, 0.15) is 16.7 Å². The maximum absolute atomic E-state index is 5.79. The van der Waals surface area contributed by atoms with E-state index in [4.69, 9.17) is 11.6 Å². The predicted molar refractivity (Wildman–Crippen MR) is 104 cm³/mol. The third-order valence-corrected chi connectivity index (χ3v) is 4.65. The fourth-order valence-corrected chi connectivity index (χ4v) is 3.09. The van der Waals surface area contributed by atoms with Crippen LogP contribution < -0.4 is 10.6 Å². The van der Waals surface area contributed by atoms with Crippen LogP contribution in [-0.2, 0) is 13.0 Å². The van der Waals surface area contributed by atoms with Crippen molar-refractivity contribution in [2.45, 2.75) is 24.8 Å². The zero-order valence-electron chi connectivity index (χ0n) is 14.3. The second-order valence-electron chi connectivity index (χ2n) is 5.41. The maximum atomic E-state index is 5.79. The van der Waals surface area contributed by atoms with Crippen molar-refractivity contribution >= 4 is 29.3 Å². The number of nitrogens with zero attached hydrogens (tertiary/aromatic N) is 2. The zero-order chi connectivity index (χ0) is 17.4. The summed E-state index contributed by atoms with van der Waals surface area (Å²) in [6.45, 7) is 3.65. The molecule has 24 heavy (non-hydrogen) atoms. The average Bonchev–Trinajstić information content (AvgIpc) is 2.60. The van der Waals surface area contributed by atoms with Crippen LogP contribution in [0.5, 0.6) is 0 Å². The van der Waals surface area contributed by atoms with E-state index in [-0.39, 0.29) is 0 Å². The van der Waals surface area contributed by atoms with Crippen molar-refractivity contribution in [1.82, 2.24) is 15.6 Å². The molecular weight excluding hydrogens is 340 g/mol. The minimum atomic E-state index is 0.520. The summed E-state index contributed by atoms with van der Waals surface area (Å²) in [4.78, 5) is 9.66. The molecule has 0 saturated heterocycles. The van der Waals surface area contributed by atoms with Crippen molar-refractivity contribution in [3.05, 3.63) is 58.4 Å². The van der Waals surface area contributed by atoms with E-state index in [1.807, 2.05) is 12.1 Å². The number of aromatic nitrogens is 1. The van der Waals surface area contributed by atoms with Crippen molar-refractivity contribution in [1.29, 1.82) is 0 Å². The first-order chi connectivity index (χ1) is 11.6. The van der Waals surface area contributed by atoms with Gasteiger partial charge in [-0.3, -0.25) is 4.99 Å². The highest BCUT2D eigenvalue weighted by Crippen LogP contribution is 2.21. The highest BCUT2D eigenvalue weighted by molar-refractivity contribution is 7.98. The molecule has 0 aliphatic rings. The molecule has 0 saturated carbocycles. The Hall–Kier alpha value is -1.72. The lowest BCUT2D eigenvalue weighted by Crippen LogP contribution is -2.38. The molecule has 0 aliphatic carbocycles. The lowest BCUT2D eigenvalue weighted by Gasteiger charge is -2.14. The third kappa shape index (κ3) is 5.73. The SMILES string of the molecule is CN=C(NCCc1ccc(Cl)nc1)NCc1ccc(C)cc1SC. The summed E-state index contributed by atoms with van der Waals surface area (Å²) in [5.41, 5.74) is 3.70. The molecular formula is C18H23ClN4S. The summed E-state index contributed by atoms with van der Waals surface area (Å²) in [6, 6.07) is 10.3. The highest BCUT2D eigenvalue weighted by Gasteiger charge is 2.04. The molecule has 128 valence electrons. The number of benzene rings is 1. The lowest BCUT2D eigenvalue weighted by atomic mass is 10.1. The minimum absolute atomic E-state index is 0.520. The van der Waals surface area contributed by atoms with Gasteiger partial charge in [0.2, 0.25) is 0 Å². The standard InChI is InChI=1S/C18H23ClN4S/c1-13-4-6-15(16(10-13)24-3)12-23-18(20-2)21-9-8-14-5-7-17(19)22-11-14/h4-7,10-11H,8-9,12H2,1-3H3,(H2,20,21,23). The van der Waals surface area contributed by atoms with E-state index in [1.54, 1.807) is 25.0 Å². The molecule has 0 radical (unpaired) electrons. The number of aryl methyl sites for hydroxylation is 1. The number of nitrogens with one attached hydrogen (secondary N) is 2. The first kappa shape index (κ1) is 18.6. The van der Waals surface area contributed by atoms with Crippen molar-refractivity contribution in [2.75, 3.05) is 19.8 Å². The summed E-state index contributed by atoms with van der Waals surface area (Å²) >= 11 is 7.56. The van der Waals surface area contributed by atoms with Crippen LogP contribution in [0.3, 0.4) is 0 Å². The van der Waals surface area contributed by atoms with Gasteiger partial charge in [-0.2, -0.15) is 0 Å². The van der Waals surface area contributed by atoms with E-state index in [2.05, 4.69) is 52.0 Å². The molecule has 0 amide bonds. The summed E-state index contributed by atoms with van der Waals surface area (Å²) < 4.78 is 0. The average molecular weight is 363 g/mol. The Morgan fingerprint density at radius 3 is 2.75 bits per heavy atom. The van der Waals surface area contributed by atoms with Gasteiger partial charge >= 0.3 is 0 Å². The van der Waals surface area contributed by atoms with Gasteiger partial charge in [0.05, 0.1) is 0 Å². The molecule has 1 aromatic carbocycles. The van der Waals surface area contributed by atoms with Gasteiger partial charge in [-0.05, 0) is 48.4 Å². The van der Waals surface area contributed by atoms with Gasteiger partial charge in [0, 0.05) is 31.2 Å². The second-order valence-corrected chi connectivity index (χ2v) is 6.64. The van der Waals surface area contributed by atoms with Crippen LogP contribution in [0.2, 0.25) is 5.15 Å². The fourth-order valence-electron chi connectivity index (χ4n) is 2.28. The smallest absolute Gasteiger partial charge is 0.191 e. The first-order valence-corrected chi connectivity index (χ1v) is 9.41.